The van der Waals surface area contributed by atoms with Gasteiger partial charge >= 0.3 is 0 Å². The van der Waals surface area contributed by atoms with Gasteiger partial charge in [0.15, 0.2) is 5.65 Å². The molecule has 7 heteroatoms. The Morgan fingerprint density at radius 1 is 1.15 bits per heavy atom. The first-order valence-corrected chi connectivity index (χ1v) is 9.34. The highest BCUT2D eigenvalue weighted by molar-refractivity contribution is 5.86. The molecule has 4 rings (SSSR count). The van der Waals surface area contributed by atoms with Crippen LogP contribution in [0.5, 0.6) is 0 Å². The summed E-state index contributed by atoms with van der Waals surface area (Å²) in [6, 6.07) is 10.4. The molecule has 3 aromatic rings. The van der Waals surface area contributed by atoms with E-state index >= 15 is 0 Å². The minimum Gasteiger partial charge on any atom is -0.376 e. The second-order valence-electron chi connectivity index (χ2n) is 6.90. The zero-order chi connectivity index (χ0) is 18.6. The Labute approximate surface area is 158 Å². The molecule has 0 spiro atoms. The van der Waals surface area contributed by atoms with Gasteiger partial charge in [-0.15, -0.1) is 0 Å². The molecule has 1 aromatic carbocycles. The molecule has 0 amide bonds. The Hall–Kier alpha value is -2.51. The number of ether oxygens (including phenoxy) is 2. The van der Waals surface area contributed by atoms with Crippen molar-refractivity contribution in [2.45, 2.75) is 18.9 Å². The summed E-state index contributed by atoms with van der Waals surface area (Å²) in [6.07, 6.45) is 3.58. The van der Waals surface area contributed by atoms with Crippen molar-refractivity contribution in [3.8, 4) is 0 Å². The van der Waals surface area contributed by atoms with Gasteiger partial charge in [0.05, 0.1) is 37.5 Å². The second-order valence-corrected chi connectivity index (χ2v) is 6.90. The van der Waals surface area contributed by atoms with Crippen LogP contribution in [0.2, 0.25) is 0 Å². The van der Waals surface area contributed by atoms with Gasteiger partial charge in [-0.3, -0.25) is 4.68 Å². The number of anilines is 1. The second kappa shape index (κ2) is 8.02. The number of aromatic nitrogens is 4. The molecule has 1 atom stereocenters. The minimum absolute atomic E-state index is 0.0539. The van der Waals surface area contributed by atoms with Crippen molar-refractivity contribution in [1.29, 1.82) is 0 Å². The molecule has 1 saturated heterocycles. The van der Waals surface area contributed by atoms with Gasteiger partial charge in [0, 0.05) is 27.1 Å². The smallest absolute Gasteiger partial charge is 0.163 e. The largest absolute Gasteiger partial charge is 0.376 e. The van der Waals surface area contributed by atoms with E-state index in [0.29, 0.717) is 19.8 Å². The first kappa shape index (κ1) is 17.9. The Bertz CT molecular complexity index is 890. The Kier molecular flexibility index (Phi) is 5.31. The Morgan fingerprint density at radius 3 is 2.78 bits per heavy atom. The lowest BCUT2D eigenvalue weighted by Gasteiger charge is -2.28. The molecule has 0 radical (unpaired) electrons. The minimum atomic E-state index is 0.0539. The number of hydrogen-bond donors (Lipinski definition) is 0. The molecule has 2 aromatic heterocycles. The van der Waals surface area contributed by atoms with Gasteiger partial charge in [-0.2, -0.15) is 5.10 Å². The summed E-state index contributed by atoms with van der Waals surface area (Å²) in [5.41, 5.74) is 2.14. The third-order valence-electron chi connectivity index (χ3n) is 4.82. The summed E-state index contributed by atoms with van der Waals surface area (Å²) < 4.78 is 13.1. The maximum atomic E-state index is 5.79. The van der Waals surface area contributed by atoms with E-state index in [1.165, 1.54) is 5.56 Å². The number of aryl methyl sites for hydroxylation is 3. The number of hydrogen-bond acceptors (Lipinski definition) is 6. The SMILES string of the molecule is CN(CC1COCCO1)c1nc(CCc2ccccc2)nc2c1cnn2C. The van der Waals surface area contributed by atoms with E-state index in [0.717, 1.165) is 42.1 Å². The zero-order valence-corrected chi connectivity index (χ0v) is 15.8. The fraction of sp³-hybridized carbons (Fsp3) is 0.450. The predicted molar refractivity (Wildman–Crippen MR) is 104 cm³/mol. The van der Waals surface area contributed by atoms with Crippen LogP contribution in [0.4, 0.5) is 5.82 Å². The summed E-state index contributed by atoms with van der Waals surface area (Å²) in [5, 5.41) is 5.34. The average Bonchev–Trinajstić information content (AvgIpc) is 3.08. The van der Waals surface area contributed by atoms with Crippen molar-refractivity contribution < 1.29 is 9.47 Å². The molecule has 0 saturated carbocycles. The van der Waals surface area contributed by atoms with E-state index in [9.17, 15) is 0 Å². The molecule has 142 valence electrons. The molecule has 0 aliphatic carbocycles. The molecule has 1 aliphatic rings. The fourth-order valence-corrected chi connectivity index (χ4v) is 3.39. The Morgan fingerprint density at radius 2 is 2.00 bits per heavy atom. The third kappa shape index (κ3) is 4.09. The van der Waals surface area contributed by atoms with Crippen LogP contribution in [0.15, 0.2) is 36.5 Å². The number of benzene rings is 1. The van der Waals surface area contributed by atoms with Gasteiger partial charge in [0.2, 0.25) is 0 Å². The van der Waals surface area contributed by atoms with Crippen LogP contribution in [0.1, 0.15) is 11.4 Å². The first-order valence-electron chi connectivity index (χ1n) is 9.34. The van der Waals surface area contributed by atoms with Crippen LogP contribution in [0.3, 0.4) is 0 Å². The van der Waals surface area contributed by atoms with E-state index in [1.54, 1.807) is 4.68 Å². The van der Waals surface area contributed by atoms with Crippen molar-refractivity contribution in [2.24, 2.45) is 7.05 Å². The lowest BCUT2D eigenvalue weighted by molar-refractivity contribution is -0.0837. The molecule has 1 unspecified atom stereocenters. The number of nitrogens with zero attached hydrogens (tertiary/aromatic N) is 5. The highest BCUT2D eigenvalue weighted by Crippen LogP contribution is 2.23. The predicted octanol–water partition coefficient (Wildman–Crippen LogP) is 2.00. The van der Waals surface area contributed by atoms with Crippen LogP contribution in [-0.4, -0.2) is 59.3 Å². The summed E-state index contributed by atoms with van der Waals surface area (Å²) >= 11 is 0. The highest BCUT2D eigenvalue weighted by atomic mass is 16.6. The summed E-state index contributed by atoms with van der Waals surface area (Å²) in [6.45, 7) is 2.66. The lowest BCUT2D eigenvalue weighted by Crippen LogP contribution is -2.38. The van der Waals surface area contributed by atoms with Gasteiger partial charge in [-0.25, -0.2) is 9.97 Å². The van der Waals surface area contributed by atoms with Gasteiger partial charge in [-0.05, 0) is 12.0 Å². The maximum Gasteiger partial charge on any atom is 0.163 e. The van der Waals surface area contributed by atoms with Gasteiger partial charge < -0.3 is 14.4 Å². The van der Waals surface area contributed by atoms with Crippen molar-refractivity contribution >= 4 is 16.9 Å². The normalized spacial score (nSPS) is 17.3. The number of rotatable bonds is 6. The lowest BCUT2D eigenvalue weighted by atomic mass is 10.1. The van der Waals surface area contributed by atoms with Crippen LogP contribution in [0, 0.1) is 0 Å². The van der Waals surface area contributed by atoms with Crippen molar-refractivity contribution in [2.75, 3.05) is 38.3 Å². The first-order chi connectivity index (χ1) is 13.2. The van der Waals surface area contributed by atoms with E-state index in [1.807, 2.05) is 26.4 Å². The Balaban J connectivity index is 1.58. The summed E-state index contributed by atoms with van der Waals surface area (Å²) in [4.78, 5) is 11.7. The summed E-state index contributed by atoms with van der Waals surface area (Å²) in [5.74, 6) is 1.72. The zero-order valence-electron chi connectivity index (χ0n) is 15.8. The monoisotopic (exact) mass is 367 g/mol. The molecule has 0 bridgehead atoms. The van der Waals surface area contributed by atoms with Crippen molar-refractivity contribution in [1.82, 2.24) is 19.7 Å². The van der Waals surface area contributed by atoms with Gasteiger partial charge in [-0.1, -0.05) is 30.3 Å². The number of fused-ring (bicyclic) bond motifs is 1. The van der Waals surface area contributed by atoms with E-state index in [2.05, 4.69) is 34.3 Å². The molecular weight excluding hydrogens is 342 g/mol. The average molecular weight is 367 g/mol. The standard InChI is InChI=1S/C20H25N5O2/c1-24(13-16-14-26-10-11-27-16)19-17-12-21-25(2)20(17)23-18(22-19)9-8-15-6-4-3-5-7-15/h3-7,12,16H,8-11,13-14H2,1-2H3. The highest BCUT2D eigenvalue weighted by Gasteiger charge is 2.20. The molecule has 27 heavy (non-hydrogen) atoms. The van der Waals surface area contributed by atoms with Gasteiger partial charge in [0.1, 0.15) is 11.6 Å². The molecular formula is C20H25N5O2. The van der Waals surface area contributed by atoms with Crippen LogP contribution < -0.4 is 4.90 Å². The molecule has 7 nitrogen and oxygen atoms in total. The fourth-order valence-electron chi connectivity index (χ4n) is 3.39. The van der Waals surface area contributed by atoms with Crippen LogP contribution in [0.25, 0.3) is 11.0 Å². The van der Waals surface area contributed by atoms with Crippen LogP contribution in [-0.2, 0) is 29.4 Å². The molecule has 1 aliphatic heterocycles. The molecule has 0 N–H and O–H groups in total. The molecule has 1 fully saturated rings. The third-order valence-corrected chi connectivity index (χ3v) is 4.82. The number of likely N-dealkylation sites (N-methyl/N-ethyl adjacent to an activating group) is 1. The van der Waals surface area contributed by atoms with Crippen LogP contribution >= 0.6 is 0 Å². The van der Waals surface area contributed by atoms with E-state index < -0.39 is 0 Å². The molecule has 3 heterocycles. The van der Waals surface area contributed by atoms with Crippen molar-refractivity contribution in [3.05, 3.63) is 47.9 Å². The van der Waals surface area contributed by atoms with E-state index in [-0.39, 0.29) is 6.10 Å². The maximum absolute atomic E-state index is 5.79. The van der Waals surface area contributed by atoms with Crippen molar-refractivity contribution in [3.63, 3.8) is 0 Å². The summed E-state index contributed by atoms with van der Waals surface area (Å²) in [7, 11) is 3.95. The van der Waals surface area contributed by atoms with E-state index in [4.69, 9.17) is 19.4 Å². The quantitative estimate of drug-likeness (QED) is 0.664. The topological polar surface area (TPSA) is 65.3 Å². The van der Waals surface area contributed by atoms with Gasteiger partial charge in [0.25, 0.3) is 0 Å².